The molecule has 0 spiro atoms. The lowest BCUT2D eigenvalue weighted by Crippen LogP contribution is -2.30. The average molecular weight is 1140 g/mol. The third-order valence-electron chi connectivity index (χ3n) is 14.4. The zero-order valence-corrected chi connectivity index (χ0v) is 53.5. The minimum Gasteiger partial charge on any atom is -0.462 e. The molecular weight excluding hydrogens is 1010 g/mol. The number of carbonyl (C=O) groups excluding carboxylic acids is 3. The van der Waals surface area contributed by atoms with Crippen LogP contribution in [0.5, 0.6) is 0 Å². The Kier molecular flexibility index (Phi) is 65.3. The SMILES string of the molecule is CC/C=C\C/C=C\C/C=C\C/C=C\C/C=C\C/C=C\C/C=C\C/C=C\CCCCCCC(=O)OCC(COC(=O)CCCCCCCCCC)OC(=O)CCCCCCCCCCCCCC/C=C\C/C=C\C/C=C\CCCCCCC. The summed E-state index contributed by atoms with van der Waals surface area (Å²) in [7, 11) is 0. The smallest absolute Gasteiger partial charge is 0.306 e. The van der Waals surface area contributed by atoms with E-state index in [1.165, 1.54) is 135 Å². The summed E-state index contributed by atoms with van der Waals surface area (Å²) in [6.45, 7) is 6.48. The third kappa shape index (κ3) is 66.4. The van der Waals surface area contributed by atoms with Crippen molar-refractivity contribution in [2.75, 3.05) is 13.2 Å². The molecule has 6 heteroatoms. The van der Waals surface area contributed by atoms with Crippen molar-refractivity contribution in [3.8, 4) is 0 Å². The number of allylic oxidation sites excluding steroid dienone is 22. The Morgan fingerprint density at radius 2 is 0.476 bits per heavy atom. The lowest BCUT2D eigenvalue weighted by molar-refractivity contribution is -0.167. The topological polar surface area (TPSA) is 78.9 Å². The summed E-state index contributed by atoms with van der Waals surface area (Å²) in [4.78, 5) is 38.2. The monoisotopic (exact) mass is 1130 g/mol. The highest BCUT2D eigenvalue weighted by molar-refractivity contribution is 5.71. The summed E-state index contributed by atoms with van der Waals surface area (Å²) in [5.41, 5.74) is 0. The van der Waals surface area contributed by atoms with Crippen LogP contribution in [0.15, 0.2) is 134 Å². The number of hydrogen-bond donors (Lipinski definition) is 0. The molecule has 466 valence electrons. The quantitative estimate of drug-likeness (QED) is 0.0261. The van der Waals surface area contributed by atoms with Crippen LogP contribution in [0.3, 0.4) is 0 Å². The first-order valence-electron chi connectivity index (χ1n) is 34.2. The van der Waals surface area contributed by atoms with Crippen molar-refractivity contribution in [1.29, 1.82) is 0 Å². The second kappa shape index (κ2) is 69.0. The maximum absolute atomic E-state index is 12.9. The van der Waals surface area contributed by atoms with Gasteiger partial charge in [0.25, 0.3) is 0 Å². The Morgan fingerprint density at radius 1 is 0.256 bits per heavy atom. The van der Waals surface area contributed by atoms with Gasteiger partial charge in [-0.15, -0.1) is 0 Å². The minimum absolute atomic E-state index is 0.0883. The van der Waals surface area contributed by atoms with Gasteiger partial charge in [-0.3, -0.25) is 14.4 Å². The van der Waals surface area contributed by atoms with Gasteiger partial charge in [0, 0.05) is 19.3 Å². The van der Waals surface area contributed by atoms with Crippen LogP contribution in [-0.2, 0) is 28.6 Å². The molecule has 1 atom stereocenters. The lowest BCUT2D eigenvalue weighted by atomic mass is 10.0. The van der Waals surface area contributed by atoms with Gasteiger partial charge in [0.15, 0.2) is 6.10 Å². The summed E-state index contributed by atoms with van der Waals surface area (Å²) in [6.07, 6.45) is 97.7. The van der Waals surface area contributed by atoms with Gasteiger partial charge in [-0.1, -0.05) is 302 Å². The predicted octanol–water partition coefficient (Wildman–Crippen LogP) is 23.7. The van der Waals surface area contributed by atoms with E-state index in [2.05, 4.69) is 154 Å². The summed E-state index contributed by atoms with van der Waals surface area (Å²) in [5.74, 6) is -0.916. The predicted molar refractivity (Wildman–Crippen MR) is 357 cm³/mol. The summed E-state index contributed by atoms with van der Waals surface area (Å²) in [5, 5.41) is 0. The number of rotatable bonds is 61. The number of carbonyl (C=O) groups is 3. The van der Waals surface area contributed by atoms with E-state index in [4.69, 9.17) is 14.2 Å². The van der Waals surface area contributed by atoms with Gasteiger partial charge in [0.05, 0.1) is 0 Å². The van der Waals surface area contributed by atoms with E-state index in [-0.39, 0.29) is 31.1 Å². The molecule has 0 heterocycles. The zero-order chi connectivity index (χ0) is 59.2. The summed E-state index contributed by atoms with van der Waals surface area (Å²) >= 11 is 0. The van der Waals surface area contributed by atoms with Gasteiger partial charge < -0.3 is 14.2 Å². The fourth-order valence-corrected chi connectivity index (χ4v) is 9.29. The maximum Gasteiger partial charge on any atom is 0.306 e. The Bertz CT molecular complexity index is 1730. The molecule has 1 unspecified atom stereocenters. The molecule has 0 bridgehead atoms. The second-order valence-electron chi connectivity index (χ2n) is 22.4. The van der Waals surface area contributed by atoms with Crippen LogP contribution in [0.2, 0.25) is 0 Å². The third-order valence-corrected chi connectivity index (χ3v) is 14.4. The fraction of sp³-hybridized carbons (Fsp3) is 0.671. The molecular formula is C76H126O6. The number of unbranched alkanes of at least 4 members (excludes halogenated alkanes) is 28. The van der Waals surface area contributed by atoms with Crippen molar-refractivity contribution < 1.29 is 28.6 Å². The number of ether oxygens (including phenoxy) is 3. The first-order valence-corrected chi connectivity index (χ1v) is 34.2. The Labute approximate surface area is 506 Å². The van der Waals surface area contributed by atoms with Crippen molar-refractivity contribution in [3.63, 3.8) is 0 Å². The van der Waals surface area contributed by atoms with E-state index in [0.29, 0.717) is 19.3 Å². The molecule has 0 saturated heterocycles. The normalized spacial score (nSPS) is 13.0. The van der Waals surface area contributed by atoms with E-state index >= 15 is 0 Å². The zero-order valence-electron chi connectivity index (χ0n) is 53.5. The molecule has 0 aromatic rings. The van der Waals surface area contributed by atoms with E-state index < -0.39 is 6.10 Å². The maximum atomic E-state index is 12.9. The van der Waals surface area contributed by atoms with E-state index in [1.54, 1.807) is 0 Å². The van der Waals surface area contributed by atoms with Crippen LogP contribution >= 0.6 is 0 Å². The van der Waals surface area contributed by atoms with Crippen molar-refractivity contribution in [1.82, 2.24) is 0 Å². The van der Waals surface area contributed by atoms with Gasteiger partial charge in [-0.05, 0) is 122 Å². The molecule has 0 amide bonds. The van der Waals surface area contributed by atoms with Crippen LogP contribution in [0.1, 0.15) is 310 Å². The van der Waals surface area contributed by atoms with E-state index in [0.717, 1.165) is 135 Å². The molecule has 0 aromatic heterocycles. The number of esters is 3. The molecule has 82 heavy (non-hydrogen) atoms. The largest absolute Gasteiger partial charge is 0.462 e. The average Bonchev–Trinajstić information content (AvgIpc) is 3.47. The molecule has 0 aliphatic rings. The van der Waals surface area contributed by atoms with Crippen LogP contribution in [0.25, 0.3) is 0 Å². The molecule has 0 aliphatic carbocycles. The lowest BCUT2D eigenvalue weighted by Gasteiger charge is -2.18. The van der Waals surface area contributed by atoms with Crippen molar-refractivity contribution >= 4 is 17.9 Å². The van der Waals surface area contributed by atoms with Crippen molar-refractivity contribution in [3.05, 3.63) is 134 Å². The fourth-order valence-electron chi connectivity index (χ4n) is 9.29. The Morgan fingerprint density at radius 3 is 0.744 bits per heavy atom. The van der Waals surface area contributed by atoms with Crippen LogP contribution in [0.4, 0.5) is 0 Å². The molecule has 0 rings (SSSR count). The van der Waals surface area contributed by atoms with Gasteiger partial charge in [-0.2, -0.15) is 0 Å². The molecule has 0 fully saturated rings. The molecule has 0 saturated carbocycles. The van der Waals surface area contributed by atoms with E-state index in [9.17, 15) is 14.4 Å². The first-order chi connectivity index (χ1) is 40.5. The molecule has 0 radical (unpaired) electrons. The van der Waals surface area contributed by atoms with Crippen LogP contribution in [-0.4, -0.2) is 37.2 Å². The highest BCUT2D eigenvalue weighted by Gasteiger charge is 2.19. The highest BCUT2D eigenvalue weighted by atomic mass is 16.6. The highest BCUT2D eigenvalue weighted by Crippen LogP contribution is 2.16. The van der Waals surface area contributed by atoms with Gasteiger partial charge in [0.1, 0.15) is 13.2 Å². The standard InChI is InChI=1S/C76H126O6/c1-4-7-10-13-16-19-21-23-25-27-29-31-33-35-37-38-40-41-43-45-47-49-51-53-55-57-60-63-66-69-75(78)81-72-73(71-80-74(77)68-65-62-59-18-15-12-9-6-3)82-76(79)70-67-64-61-58-56-54-52-50-48-46-44-42-39-36-34-32-30-28-26-24-22-20-17-14-11-8-5-2/h7,10,16,19,22-25,28-31,34-37,40-41,45,47,51,53,73H,4-6,8-9,11-15,17-18,20-21,26-27,32-33,38-39,42-44,46,48-50,52,54-72H2,1-3H3/b10-7-,19-16-,24-22-,25-23-,30-28-,31-29-,36-34-,37-35-,41-40-,47-45-,53-51-. The molecule has 0 aromatic carbocycles. The Balaban J connectivity index is 4.24. The van der Waals surface area contributed by atoms with Gasteiger partial charge in [0.2, 0.25) is 0 Å². The van der Waals surface area contributed by atoms with Crippen LogP contribution in [0, 0.1) is 0 Å². The number of hydrogen-bond acceptors (Lipinski definition) is 6. The van der Waals surface area contributed by atoms with Crippen molar-refractivity contribution in [2.24, 2.45) is 0 Å². The Hall–Kier alpha value is -4.45. The molecule has 0 aliphatic heterocycles. The summed E-state index contributed by atoms with van der Waals surface area (Å²) in [6, 6.07) is 0. The summed E-state index contributed by atoms with van der Waals surface area (Å²) < 4.78 is 16.9. The molecule has 0 N–H and O–H groups in total. The first kappa shape index (κ1) is 77.5. The van der Waals surface area contributed by atoms with Gasteiger partial charge in [-0.25, -0.2) is 0 Å². The van der Waals surface area contributed by atoms with Gasteiger partial charge >= 0.3 is 17.9 Å². The minimum atomic E-state index is -0.793. The van der Waals surface area contributed by atoms with Crippen LogP contribution < -0.4 is 0 Å². The molecule has 6 nitrogen and oxygen atoms in total. The van der Waals surface area contributed by atoms with Crippen molar-refractivity contribution in [2.45, 2.75) is 316 Å². The second-order valence-corrected chi connectivity index (χ2v) is 22.4. The van der Waals surface area contributed by atoms with E-state index in [1.807, 2.05) is 0 Å².